The monoisotopic (exact) mass is 278 g/mol. The quantitative estimate of drug-likeness (QED) is 0.915. The van der Waals surface area contributed by atoms with E-state index in [0.717, 1.165) is 42.2 Å². The van der Waals surface area contributed by atoms with Gasteiger partial charge >= 0.3 is 0 Å². The average Bonchev–Trinajstić information content (AvgIpc) is 2.72. The SMILES string of the molecule is CCc1nn(CC)c(CCc2ccnc(N)c2)c1Cl. The number of aryl methyl sites for hydroxylation is 3. The van der Waals surface area contributed by atoms with Crippen molar-refractivity contribution in [1.82, 2.24) is 14.8 Å². The minimum absolute atomic E-state index is 0.557. The first-order chi connectivity index (χ1) is 9.15. The Hall–Kier alpha value is -1.55. The Bertz CT molecular complexity index is 563. The van der Waals surface area contributed by atoms with Crippen LogP contribution in [0, 0.1) is 0 Å². The number of nitrogens with zero attached hydrogens (tertiary/aromatic N) is 3. The molecule has 0 amide bonds. The van der Waals surface area contributed by atoms with Gasteiger partial charge < -0.3 is 5.73 Å². The van der Waals surface area contributed by atoms with Gasteiger partial charge in [0.05, 0.1) is 16.4 Å². The molecule has 0 saturated heterocycles. The van der Waals surface area contributed by atoms with E-state index in [4.69, 9.17) is 17.3 Å². The van der Waals surface area contributed by atoms with E-state index in [1.165, 1.54) is 5.56 Å². The first kappa shape index (κ1) is 13.9. The second-order valence-electron chi connectivity index (χ2n) is 4.47. The molecule has 0 spiro atoms. The van der Waals surface area contributed by atoms with Crippen molar-refractivity contribution in [2.45, 2.75) is 39.7 Å². The Kier molecular flexibility index (Phi) is 4.43. The van der Waals surface area contributed by atoms with Crippen molar-refractivity contribution in [3.63, 3.8) is 0 Å². The lowest BCUT2D eigenvalue weighted by molar-refractivity contribution is 0.611. The molecule has 0 aromatic carbocycles. The first-order valence-electron chi connectivity index (χ1n) is 6.60. The van der Waals surface area contributed by atoms with Crippen molar-refractivity contribution in [1.29, 1.82) is 0 Å². The molecule has 0 radical (unpaired) electrons. The third-order valence-corrected chi connectivity index (χ3v) is 3.63. The van der Waals surface area contributed by atoms with E-state index < -0.39 is 0 Å². The fourth-order valence-corrected chi connectivity index (χ4v) is 2.53. The maximum Gasteiger partial charge on any atom is 0.123 e. The maximum absolute atomic E-state index is 6.39. The molecule has 2 heterocycles. The van der Waals surface area contributed by atoms with Crippen molar-refractivity contribution in [2.75, 3.05) is 5.73 Å². The Morgan fingerprint density at radius 2 is 2.11 bits per heavy atom. The Morgan fingerprint density at radius 3 is 2.74 bits per heavy atom. The molecule has 2 rings (SSSR count). The van der Waals surface area contributed by atoms with Crippen LogP contribution < -0.4 is 5.73 Å². The standard InChI is InChI=1S/C14H19ClN4/c1-3-11-14(15)12(19(4-2)18-11)6-5-10-7-8-17-13(16)9-10/h7-9H,3-6H2,1-2H3,(H2,16,17). The summed E-state index contributed by atoms with van der Waals surface area (Å²) in [6.07, 6.45) is 4.35. The van der Waals surface area contributed by atoms with Gasteiger partial charge in [0.2, 0.25) is 0 Å². The van der Waals surface area contributed by atoms with E-state index >= 15 is 0 Å². The van der Waals surface area contributed by atoms with E-state index in [9.17, 15) is 0 Å². The smallest absolute Gasteiger partial charge is 0.123 e. The number of pyridine rings is 1. The zero-order valence-electron chi connectivity index (χ0n) is 11.4. The highest BCUT2D eigenvalue weighted by Crippen LogP contribution is 2.23. The van der Waals surface area contributed by atoms with Gasteiger partial charge in [-0.05, 0) is 43.9 Å². The summed E-state index contributed by atoms with van der Waals surface area (Å²) in [6.45, 7) is 4.99. The number of nitrogen functional groups attached to an aromatic ring is 1. The molecule has 0 aliphatic heterocycles. The molecule has 102 valence electrons. The lowest BCUT2D eigenvalue weighted by Gasteiger charge is -2.06. The third-order valence-electron chi connectivity index (χ3n) is 3.19. The van der Waals surface area contributed by atoms with Crippen LogP contribution in [0.4, 0.5) is 5.82 Å². The second-order valence-corrected chi connectivity index (χ2v) is 4.84. The molecule has 0 atom stereocenters. The van der Waals surface area contributed by atoms with Gasteiger partial charge in [0.25, 0.3) is 0 Å². The number of rotatable bonds is 5. The Labute approximate surface area is 118 Å². The van der Waals surface area contributed by atoms with Crippen molar-refractivity contribution < 1.29 is 0 Å². The average molecular weight is 279 g/mol. The molecule has 2 aromatic rings. The van der Waals surface area contributed by atoms with Crippen LogP contribution in [0.1, 0.15) is 30.8 Å². The Morgan fingerprint density at radius 1 is 1.32 bits per heavy atom. The summed E-state index contributed by atoms with van der Waals surface area (Å²) in [5.74, 6) is 0.557. The van der Waals surface area contributed by atoms with Crippen LogP contribution in [0.3, 0.4) is 0 Å². The van der Waals surface area contributed by atoms with Crippen molar-refractivity contribution in [3.05, 3.63) is 40.3 Å². The fourth-order valence-electron chi connectivity index (χ4n) is 2.17. The van der Waals surface area contributed by atoms with Crippen LogP contribution in [0.2, 0.25) is 5.02 Å². The molecular formula is C14H19ClN4. The van der Waals surface area contributed by atoms with Crippen LogP contribution in [0.5, 0.6) is 0 Å². The van der Waals surface area contributed by atoms with E-state index in [0.29, 0.717) is 5.82 Å². The van der Waals surface area contributed by atoms with Gasteiger partial charge in [-0.1, -0.05) is 18.5 Å². The van der Waals surface area contributed by atoms with Crippen LogP contribution >= 0.6 is 11.6 Å². The van der Waals surface area contributed by atoms with Crippen LogP contribution in [0.25, 0.3) is 0 Å². The molecule has 0 unspecified atom stereocenters. The van der Waals surface area contributed by atoms with Crippen molar-refractivity contribution in [2.24, 2.45) is 0 Å². The molecule has 0 saturated carbocycles. The number of hydrogen-bond donors (Lipinski definition) is 1. The normalized spacial score (nSPS) is 10.9. The topological polar surface area (TPSA) is 56.7 Å². The van der Waals surface area contributed by atoms with Crippen molar-refractivity contribution in [3.8, 4) is 0 Å². The predicted molar refractivity (Wildman–Crippen MR) is 78.3 cm³/mol. The van der Waals surface area contributed by atoms with Gasteiger partial charge in [0, 0.05) is 12.7 Å². The minimum Gasteiger partial charge on any atom is -0.384 e. The molecule has 4 nitrogen and oxygen atoms in total. The van der Waals surface area contributed by atoms with Gasteiger partial charge in [-0.25, -0.2) is 4.98 Å². The number of nitrogens with two attached hydrogens (primary N) is 1. The molecule has 2 aromatic heterocycles. The minimum atomic E-state index is 0.557. The first-order valence-corrected chi connectivity index (χ1v) is 6.98. The van der Waals surface area contributed by atoms with Crippen molar-refractivity contribution >= 4 is 17.4 Å². The number of halogens is 1. The summed E-state index contributed by atoms with van der Waals surface area (Å²) < 4.78 is 1.99. The highest BCUT2D eigenvalue weighted by molar-refractivity contribution is 6.31. The largest absolute Gasteiger partial charge is 0.384 e. The molecular weight excluding hydrogens is 260 g/mol. The molecule has 0 aliphatic rings. The third kappa shape index (κ3) is 3.07. The number of anilines is 1. The zero-order chi connectivity index (χ0) is 13.8. The summed E-state index contributed by atoms with van der Waals surface area (Å²) in [4.78, 5) is 4.00. The molecule has 0 fully saturated rings. The Balaban J connectivity index is 2.17. The van der Waals surface area contributed by atoms with Gasteiger partial charge in [0.15, 0.2) is 0 Å². The summed E-state index contributed by atoms with van der Waals surface area (Å²) in [6, 6.07) is 3.89. The lowest BCUT2D eigenvalue weighted by Crippen LogP contribution is -2.05. The summed E-state index contributed by atoms with van der Waals surface area (Å²) in [5.41, 5.74) is 8.94. The van der Waals surface area contributed by atoms with Crippen LogP contribution in [-0.2, 0) is 25.8 Å². The van der Waals surface area contributed by atoms with Gasteiger partial charge in [-0.15, -0.1) is 0 Å². The highest BCUT2D eigenvalue weighted by atomic mass is 35.5. The second kappa shape index (κ2) is 6.06. The van der Waals surface area contributed by atoms with Gasteiger partial charge in [-0.2, -0.15) is 5.10 Å². The molecule has 19 heavy (non-hydrogen) atoms. The summed E-state index contributed by atoms with van der Waals surface area (Å²) in [7, 11) is 0. The fraction of sp³-hybridized carbons (Fsp3) is 0.429. The molecule has 0 bridgehead atoms. The number of aromatic nitrogens is 3. The predicted octanol–water partition coefficient (Wildman–Crippen LogP) is 2.88. The molecule has 0 aliphatic carbocycles. The van der Waals surface area contributed by atoms with Gasteiger partial charge in [-0.3, -0.25) is 4.68 Å². The van der Waals surface area contributed by atoms with Crippen LogP contribution in [0.15, 0.2) is 18.3 Å². The van der Waals surface area contributed by atoms with Crippen LogP contribution in [-0.4, -0.2) is 14.8 Å². The van der Waals surface area contributed by atoms with E-state index in [2.05, 4.69) is 23.9 Å². The van der Waals surface area contributed by atoms with E-state index in [1.807, 2.05) is 16.8 Å². The molecule has 2 N–H and O–H groups in total. The van der Waals surface area contributed by atoms with E-state index in [1.54, 1.807) is 6.20 Å². The maximum atomic E-state index is 6.39. The molecule has 5 heteroatoms. The van der Waals surface area contributed by atoms with E-state index in [-0.39, 0.29) is 0 Å². The zero-order valence-corrected chi connectivity index (χ0v) is 12.1. The highest BCUT2D eigenvalue weighted by Gasteiger charge is 2.13. The summed E-state index contributed by atoms with van der Waals surface area (Å²) >= 11 is 6.39. The van der Waals surface area contributed by atoms with Gasteiger partial charge in [0.1, 0.15) is 5.82 Å². The summed E-state index contributed by atoms with van der Waals surface area (Å²) in [5, 5.41) is 5.34. The lowest BCUT2D eigenvalue weighted by atomic mass is 10.1. The number of hydrogen-bond acceptors (Lipinski definition) is 3.